The minimum absolute atomic E-state index is 0.101. The van der Waals surface area contributed by atoms with Crippen LogP contribution in [0, 0.1) is 30.6 Å². The number of methoxy groups -OCH3 is 1. The van der Waals surface area contributed by atoms with Gasteiger partial charge in [0.15, 0.2) is 5.78 Å². The normalized spacial score (nSPS) is 20.3. The van der Waals surface area contributed by atoms with Gasteiger partial charge in [-0.15, -0.1) is 0 Å². The van der Waals surface area contributed by atoms with Gasteiger partial charge in [0.05, 0.1) is 50.0 Å². The van der Waals surface area contributed by atoms with E-state index in [9.17, 15) is 33.6 Å². The van der Waals surface area contributed by atoms with Crippen molar-refractivity contribution in [2.75, 3.05) is 20.3 Å². The number of rotatable bonds is 19. The van der Waals surface area contributed by atoms with Crippen LogP contribution < -0.4 is 31.7 Å². The van der Waals surface area contributed by atoms with E-state index in [1.54, 1.807) is 32.0 Å². The van der Waals surface area contributed by atoms with Crippen molar-refractivity contribution < 1.29 is 47.8 Å². The molecule has 15 nitrogen and oxygen atoms in total. The summed E-state index contributed by atoms with van der Waals surface area (Å²) in [7, 11) is 1.46. The first-order chi connectivity index (χ1) is 26.3. The van der Waals surface area contributed by atoms with Crippen LogP contribution >= 0.6 is 0 Å². The lowest BCUT2D eigenvalue weighted by molar-refractivity contribution is -0.141. The van der Waals surface area contributed by atoms with Crippen molar-refractivity contribution in [3.05, 3.63) is 29.3 Å². The number of primary amides is 1. The van der Waals surface area contributed by atoms with E-state index in [0.717, 1.165) is 37.7 Å². The van der Waals surface area contributed by atoms with Crippen molar-refractivity contribution in [1.82, 2.24) is 21.3 Å². The second kappa shape index (κ2) is 21.1. The number of hydrogen-bond acceptors (Lipinski definition) is 10. The van der Waals surface area contributed by atoms with Crippen molar-refractivity contribution in [1.29, 1.82) is 0 Å². The van der Waals surface area contributed by atoms with Crippen LogP contribution in [0.25, 0.3) is 0 Å². The summed E-state index contributed by atoms with van der Waals surface area (Å²) in [4.78, 5) is 93.2. The third-order valence-electron chi connectivity index (χ3n) is 10.1. The van der Waals surface area contributed by atoms with E-state index in [1.165, 1.54) is 7.11 Å². The summed E-state index contributed by atoms with van der Waals surface area (Å²) in [5, 5.41) is 10.3. The number of nitrogens with one attached hydrogen (secondary N) is 4. The number of aryl methyl sites for hydroxylation is 1. The molecular formula is C41H63N5O10. The summed E-state index contributed by atoms with van der Waals surface area (Å²) < 4.78 is 16.9. The quantitative estimate of drug-likeness (QED) is 0.128. The first kappa shape index (κ1) is 45.9. The topological polar surface area (TPSA) is 221 Å². The van der Waals surface area contributed by atoms with Crippen LogP contribution in [-0.2, 0) is 38.2 Å². The fourth-order valence-corrected chi connectivity index (χ4v) is 7.56. The third-order valence-corrected chi connectivity index (χ3v) is 10.1. The molecule has 0 bridgehead atoms. The van der Waals surface area contributed by atoms with Gasteiger partial charge in [0.25, 0.3) is 5.91 Å². The van der Waals surface area contributed by atoms with Crippen molar-refractivity contribution in [3.8, 4) is 5.75 Å². The largest absolute Gasteiger partial charge is 0.497 e. The Bertz CT molecular complexity index is 1570. The Labute approximate surface area is 330 Å². The minimum Gasteiger partial charge on any atom is -0.497 e. The van der Waals surface area contributed by atoms with Crippen LogP contribution in [0.3, 0.4) is 0 Å². The Hall–Kier alpha value is -4.53. The van der Waals surface area contributed by atoms with Gasteiger partial charge in [-0.05, 0) is 94.9 Å². The van der Waals surface area contributed by atoms with E-state index in [0.29, 0.717) is 17.7 Å². The van der Waals surface area contributed by atoms with Gasteiger partial charge in [-0.1, -0.05) is 52.5 Å². The molecule has 0 aromatic heterocycles. The number of hydrogen-bond donors (Lipinski definition) is 5. The predicted molar refractivity (Wildman–Crippen MR) is 208 cm³/mol. The standard InChI is InChI=1S/C41H63N5O10/c1-9-13-31(36(49)39(52)43-21-32(47)45-34(37(42)50)26-16-24(4)17-27(18-26)54-8)44-38(51)30-20-28(56-41(5,6)7)19-29(30)35(48)33(25-14-11-10-12-15-25)46-40(53)55-22-23(2)3/h16-18,23,25,28-31,33-34H,9-15,19-22H2,1-8H3,(H2,42,50)(H,43,52)(H,44,51)(H,45,47)(H,46,53)/t28-,29?,30+,31?,33-,34?/m0/s1. The number of benzene rings is 1. The van der Waals surface area contributed by atoms with E-state index < -0.39 is 83.7 Å². The molecule has 0 radical (unpaired) electrons. The fraction of sp³-hybridized carbons (Fsp3) is 0.683. The molecule has 0 heterocycles. The number of ketones is 2. The second-order valence-electron chi connectivity index (χ2n) is 16.5. The van der Waals surface area contributed by atoms with Gasteiger partial charge in [0, 0.05) is 5.92 Å². The maximum Gasteiger partial charge on any atom is 0.407 e. The molecule has 15 heteroatoms. The average molecular weight is 786 g/mol. The second-order valence-corrected chi connectivity index (χ2v) is 16.5. The number of Topliss-reactive ketones (excluding diaryl/α,β-unsaturated/α-hetero) is 2. The van der Waals surface area contributed by atoms with Gasteiger partial charge in [-0.2, -0.15) is 0 Å². The van der Waals surface area contributed by atoms with Crippen molar-refractivity contribution >= 4 is 41.3 Å². The van der Waals surface area contributed by atoms with Gasteiger partial charge >= 0.3 is 6.09 Å². The Morgan fingerprint density at radius 2 is 1.57 bits per heavy atom. The van der Waals surface area contributed by atoms with Gasteiger partial charge < -0.3 is 41.2 Å². The van der Waals surface area contributed by atoms with E-state index in [2.05, 4.69) is 21.3 Å². The predicted octanol–water partition coefficient (Wildman–Crippen LogP) is 3.73. The van der Waals surface area contributed by atoms with Crippen LogP contribution in [-0.4, -0.2) is 85.3 Å². The van der Waals surface area contributed by atoms with Crippen LogP contribution in [0.5, 0.6) is 5.75 Å². The number of nitrogens with two attached hydrogens (primary N) is 1. The first-order valence-electron chi connectivity index (χ1n) is 19.8. The van der Waals surface area contributed by atoms with E-state index in [1.807, 2.05) is 34.6 Å². The molecule has 0 aliphatic heterocycles. The van der Waals surface area contributed by atoms with Crippen molar-refractivity contribution in [2.45, 2.75) is 136 Å². The molecule has 2 aliphatic rings. The summed E-state index contributed by atoms with van der Waals surface area (Å²) in [5.41, 5.74) is 6.14. The Morgan fingerprint density at radius 1 is 0.911 bits per heavy atom. The molecule has 1 aromatic rings. The first-order valence-corrected chi connectivity index (χ1v) is 19.8. The van der Waals surface area contributed by atoms with Crippen LogP contribution in [0.4, 0.5) is 4.79 Å². The molecule has 3 unspecified atom stereocenters. The van der Waals surface area contributed by atoms with Crippen LogP contribution in [0.1, 0.15) is 116 Å². The molecule has 3 rings (SSSR count). The smallest absolute Gasteiger partial charge is 0.407 e. The van der Waals surface area contributed by atoms with Crippen LogP contribution in [0.2, 0.25) is 0 Å². The highest BCUT2D eigenvalue weighted by Gasteiger charge is 2.48. The zero-order valence-electron chi connectivity index (χ0n) is 34.3. The molecule has 56 heavy (non-hydrogen) atoms. The lowest BCUT2D eigenvalue weighted by atomic mass is 9.77. The lowest BCUT2D eigenvalue weighted by Gasteiger charge is -2.32. The van der Waals surface area contributed by atoms with Crippen molar-refractivity contribution in [2.24, 2.45) is 29.4 Å². The van der Waals surface area contributed by atoms with E-state index in [4.69, 9.17) is 19.9 Å². The Balaban J connectivity index is 1.76. The average Bonchev–Trinajstić information content (AvgIpc) is 3.55. The minimum atomic E-state index is -1.25. The molecule has 1 aromatic carbocycles. The maximum atomic E-state index is 14.5. The highest BCUT2D eigenvalue weighted by Crippen LogP contribution is 2.39. The summed E-state index contributed by atoms with van der Waals surface area (Å²) >= 11 is 0. The fourth-order valence-electron chi connectivity index (χ4n) is 7.56. The highest BCUT2D eigenvalue weighted by molar-refractivity contribution is 6.38. The Morgan fingerprint density at radius 3 is 2.16 bits per heavy atom. The number of carbonyl (C=O) groups excluding carboxylic acids is 7. The highest BCUT2D eigenvalue weighted by atomic mass is 16.5. The SMILES string of the molecule is CCCC(NC(=O)[C@@H]1C[C@@H](OC(C)(C)C)CC1C(=O)[C@@H](NC(=O)OCC(C)C)C1CCCCC1)C(=O)C(=O)NCC(=O)NC(C(N)=O)c1cc(C)cc(OC)c1. The van der Waals surface area contributed by atoms with E-state index >= 15 is 0 Å². The summed E-state index contributed by atoms with van der Waals surface area (Å²) in [6, 6.07) is 1.61. The number of alkyl carbamates (subject to hydrolysis) is 1. The molecule has 2 aliphatic carbocycles. The molecule has 312 valence electrons. The molecule has 0 saturated heterocycles. The summed E-state index contributed by atoms with van der Waals surface area (Å²) in [5.74, 6) is -5.86. The molecule has 2 saturated carbocycles. The monoisotopic (exact) mass is 785 g/mol. The molecule has 6 atom stereocenters. The Kier molecular flexibility index (Phi) is 17.3. The van der Waals surface area contributed by atoms with Crippen molar-refractivity contribution in [3.63, 3.8) is 0 Å². The summed E-state index contributed by atoms with van der Waals surface area (Å²) in [6.45, 7) is 12.6. The number of ether oxygens (including phenoxy) is 3. The lowest BCUT2D eigenvalue weighted by Crippen LogP contribution is -2.53. The number of carbonyl (C=O) groups is 7. The maximum absolute atomic E-state index is 14.5. The zero-order chi connectivity index (χ0) is 41.7. The van der Waals surface area contributed by atoms with E-state index in [-0.39, 0.29) is 43.5 Å². The van der Waals surface area contributed by atoms with Gasteiger partial charge in [0.2, 0.25) is 23.5 Å². The van der Waals surface area contributed by atoms with Gasteiger partial charge in [-0.3, -0.25) is 28.8 Å². The molecule has 2 fully saturated rings. The summed E-state index contributed by atoms with van der Waals surface area (Å²) in [6.07, 6.45) is 4.21. The third kappa shape index (κ3) is 13.9. The number of amides is 5. The van der Waals surface area contributed by atoms with Crippen LogP contribution in [0.15, 0.2) is 18.2 Å². The molecule has 6 N–H and O–H groups in total. The van der Waals surface area contributed by atoms with Gasteiger partial charge in [0.1, 0.15) is 11.8 Å². The zero-order valence-corrected chi connectivity index (χ0v) is 34.3. The molecule has 5 amide bonds. The van der Waals surface area contributed by atoms with Gasteiger partial charge in [-0.25, -0.2) is 4.79 Å². The molecular weight excluding hydrogens is 722 g/mol. The molecule has 0 spiro atoms.